The average Bonchev–Trinajstić information content (AvgIpc) is 3.44. The minimum atomic E-state index is -0.868. The van der Waals surface area contributed by atoms with Gasteiger partial charge in [-0.2, -0.15) is 0 Å². The molecule has 7 atom stereocenters. The zero-order valence-electron chi connectivity index (χ0n) is 22.9. The summed E-state index contributed by atoms with van der Waals surface area (Å²) < 4.78 is 4.15. The average molecular weight is 563 g/mol. The number of thioether (sulfide) groups is 1. The van der Waals surface area contributed by atoms with Crippen LogP contribution in [0.15, 0.2) is 30.9 Å². The summed E-state index contributed by atoms with van der Waals surface area (Å²) in [5.74, 6) is -2.30. The van der Waals surface area contributed by atoms with Crippen LogP contribution < -0.4 is 4.90 Å². The van der Waals surface area contributed by atoms with Gasteiger partial charge < -0.3 is 19.6 Å². The van der Waals surface area contributed by atoms with Crippen molar-refractivity contribution in [2.75, 3.05) is 24.7 Å². The third kappa shape index (κ3) is 4.27. The molecule has 1 aromatic carbocycles. The molecule has 3 aliphatic heterocycles. The van der Waals surface area contributed by atoms with Crippen molar-refractivity contribution in [3.63, 3.8) is 0 Å². The van der Waals surface area contributed by atoms with E-state index in [4.69, 9.17) is 16.3 Å². The Morgan fingerprint density at radius 1 is 1.37 bits per heavy atom. The second kappa shape index (κ2) is 10.9. The summed E-state index contributed by atoms with van der Waals surface area (Å²) in [4.78, 5) is 45.7. The highest BCUT2D eigenvalue weighted by Gasteiger charge is 2.78. The first-order valence-electron chi connectivity index (χ1n) is 13.5. The predicted molar refractivity (Wildman–Crippen MR) is 151 cm³/mol. The van der Waals surface area contributed by atoms with E-state index in [0.717, 1.165) is 12.0 Å². The van der Waals surface area contributed by atoms with E-state index in [2.05, 4.69) is 6.58 Å². The molecule has 0 aromatic heterocycles. The van der Waals surface area contributed by atoms with Crippen LogP contribution in [0.2, 0.25) is 5.02 Å². The van der Waals surface area contributed by atoms with Crippen LogP contribution in [-0.2, 0) is 19.1 Å². The summed E-state index contributed by atoms with van der Waals surface area (Å²) >= 11 is 8.23. The summed E-state index contributed by atoms with van der Waals surface area (Å²) in [5, 5.41) is 11.0. The Morgan fingerprint density at radius 2 is 2.08 bits per heavy atom. The molecule has 2 amide bonds. The number of para-hydroxylation sites is 1. The van der Waals surface area contributed by atoms with Crippen molar-refractivity contribution >= 4 is 46.8 Å². The number of carbonyl (C=O) groups is 3. The van der Waals surface area contributed by atoms with Crippen molar-refractivity contribution in [3.05, 3.63) is 41.4 Å². The van der Waals surface area contributed by atoms with E-state index in [1.807, 2.05) is 39.8 Å². The van der Waals surface area contributed by atoms with Crippen molar-refractivity contribution in [1.29, 1.82) is 0 Å². The largest absolute Gasteiger partial charge is 0.466 e. The van der Waals surface area contributed by atoms with Gasteiger partial charge in [0, 0.05) is 11.3 Å². The number of halogens is 1. The number of nitrogens with zero attached hydrogens (tertiary/aromatic N) is 2. The van der Waals surface area contributed by atoms with Crippen LogP contribution in [0.5, 0.6) is 0 Å². The number of aliphatic hydroxyl groups is 1. The number of benzene rings is 1. The number of aryl methyl sites for hydroxylation is 1. The van der Waals surface area contributed by atoms with Gasteiger partial charge in [0.2, 0.25) is 5.91 Å². The molecule has 2 unspecified atom stereocenters. The number of amides is 2. The molecular formula is C29H39ClN2O5S. The molecule has 3 fully saturated rings. The van der Waals surface area contributed by atoms with Gasteiger partial charge in [-0.15, -0.1) is 18.3 Å². The number of rotatable bonds is 10. The molecule has 1 spiro atoms. The first-order chi connectivity index (χ1) is 18.0. The van der Waals surface area contributed by atoms with Gasteiger partial charge in [-0.1, -0.05) is 50.1 Å². The highest BCUT2D eigenvalue weighted by molar-refractivity contribution is 8.02. The second-order valence-electron chi connectivity index (χ2n) is 11.0. The van der Waals surface area contributed by atoms with E-state index in [1.54, 1.807) is 40.6 Å². The second-order valence-corrected chi connectivity index (χ2v) is 13.3. The minimum absolute atomic E-state index is 0.0526. The smallest absolute Gasteiger partial charge is 0.311 e. The maximum absolute atomic E-state index is 14.8. The van der Waals surface area contributed by atoms with Crippen molar-refractivity contribution in [2.45, 2.75) is 75.5 Å². The van der Waals surface area contributed by atoms with E-state index in [1.165, 1.54) is 0 Å². The molecule has 4 rings (SSSR count). The molecule has 1 N–H and O–H groups in total. The Bertz CT molecular complexity index is 1110. The maximum atomic E-state index is 14.8. The SMILES string of the molecule is C=CCN(C(=O)C1N([C@@H](CO)[C@@H](C)CC)C(=O)[C@@H]2[C@@H](C(=O)OCC)[C@@]3(C)CCC12S3)c1c(C)cccc1Cl. The van der Waals surface area contributed by atoms with E-state index in [9.17, 15) is 19.5 Å². The van der Waals surface area contributed by atoms with Crippen LogP contribution in [0.3, 0.4) is 0 Å². The quantitative estimate of drug-likeness (QED) is 0.331. The highest BCUT2D eigenvalue weighted by atomic mass is 35.5. The molecule has 0 aliphatic carbocycles. The van der Waals surface area contributed by atoms with Gasteiger partial charge in [0.1, 0.15) is 6.04 Å². The van der Waals surface area contributed by atoms with E-state index >= 15 is 0 Å². The molecule has 38 heavy (non-hydrogen) atoms. The van der Waals surface area contributed by atoms with Gasteiger partial charge in [-0.3, -0.25) is 14.4 Å². The molecule has 3 heterocycles. The Hall–Kier alpha value is -2.03. The number of aliphatic hydroxyl groups excluding tert-OH is 1. The van der Waals surface area contributed by atoms with E-state index < -0.39 is 33.4 Å². The van der Waals surface area contributed by atoms with Gasteiger partial charge in [-0.05, 0) is 51.2 Å². The van der Waals surface area contributed by atoms with E-state index in [0.29, 0.717) is 23.6 Å². The molecule has 2 bridgehead atoms. The number of carbonyl (C=O) groups excluding carboxylic acids is 3. The summed E-state index contributed by atoms with van der Waals surface area (Å²) in [6.45, 7) is 13.7. The van der Waals surface area contributed by atoms with Crippen molar-refractivity contribution in [2.24, 2.45) is 17.8 Å². The first-order valence-corrected chi connectivity index (χ1v) is 14.7. The standard InChI is InChI=1S/C29H39ClN2O5S/c1-7-15-31(23-18(5)11-10-12-19(23)30)26(35)24-29-14-13-28(6,38-29)22(27(36)37-9-3)21(29)25(34)32(24)20(16-33)17(4)8-2/h7,10-12,17,20-22,24,33H,1,8-9,13-16H2,2-6H3/t17-,20-,21-,22-,24?,28+,29?/m0/s1. The van der Waals surface area contributed by atoms with Crippen LogP contribution in [-0.4, -0.2) is 69.1 Å². The molecule has 9 heteroatoms. The molecule has 3 saturated heterocycles. The van der Waals surface area contributed by atoms with Crippen molar-refractivity contribution in [1.82, 2.24) is 4.90 Å². The van der Waals surface area contributed by atoms with Gasteiger partial charge in [0.25, 0.3) is 5.91 Å². The summed E-state index contributed by atoms with van der Waals surface area (Å²) in [6.07, 6.45) is 3.69. The molecule has 7 nitrogen and oxygen atoms in total. The molecule has 1 aromatic rings. The number of fused-ring (bicyclic) bond motifs is 1. The fourth-order valence-electron chi connectivity index (χ4n) is 6.94. The lowest BCUT2D eigenvalue weighted by Gasteiger charge is -2.41. The zero-order chi connectivity index (χ0) is 28.0. The van der Waals surface area contributed by atoms with Gasteiger partial charge in [-0.25, -0.2) is 0 Å². The number of hydrogen-bond donors (Lipinski definition) is 1. The van der Waals surface area contributed by atoms with Gasteiger partial charge in [0.05, 0.1) is 46.5 Å². The molecule has 208 valence electrons. The first kappa shape index (κ1) is 29.0. The van der Waals surface area contributed by atoms with Crippen LogP contribution in [0.4, 0.5) is 5.69 Å². The number of likely N-dealkylation sites (tertiary alicyclic amines) is 1. The lowest BCUT2D eigenvalue weighted by Crippen LogP contribution is -2.59. The lowest BCUT2D eigenvalue weighted by atomic mass is 9.66. The van der Waals surface area contributed by atoms with Crippen molar-refractivity contribution in [3.8, 4) is 0 Å². The molecular weight excluding hydrogens is 524 g/mol. The Balaban J connectivity index is 1.90. The summed E-state index contributed by atoms with van der Waals surface area (Å²) in [6, 6.07) is 4.05. The summed E-state index contributed by atoms with van der Waals surface area (Å²) in [7, 11) is 0. The Labute approximate surface area is 234 Å². The number of anilines is 1. The normalized spacial score (nSPS) is 31.2. The zero-order valence-corrected chi connectivity index (χ0v) is 24.5. The number of hydrogen-bond acceptors (Lipinski definition) is 6. The fourth-order valence-corrected chi connectivity index (χ4v) is 9.59. The van der Waals surface area contributed by atoms with Crippen LogP contribution in [0, 0.1) is 24.7 Å². The Morgan fingerprint density at radius 3 is 2.66 bits per heavy atom. The molecule has 0 saturated carbocycles. The van der Waals surface area contributed by atoms with Crippen LogP contribution in [0.25, 0.3) is 0 Å². The number of esters is 1. The highest BCUT2D eigenvalue weighted by Crippen LogP contribution is 2.72. The summed E-state index contributed by atoms with van der Waals surface area (Å²) in [5.41, 5.74) is 1.42. The third-order valence-corrected chi connectivity index (χ3v) is 11.2. The monoisotopic (exact) mass is 562 g/mol. The lowest BCUT2D eigenvalue weighted by molar-refractivity contribution is -0.155. The Kier molecular flexibility index (Phi) is 8.27. The fraction of sp³-hybridized carbons (Fsp3) is 0.621. The van der Waals surface area contributed by atoms with Gasteiger partial charge >= 0.3 is 5.97 Å². The van der Waals surface area contributed by atoms with Crippen molar-refractivity contribution < 1.29 is 24.2 Å². The van der Waals surface area contributed by atoms with Crippen LogP contribution >= 0.6 is 23.4 Å². The third-order valence-electron chi connectivity index (χ3n) is 8.87. The van der Waals surface area contributed by atoms with Crippen LogP contribution in [0.1, 0.15) is 52.5 Å². The minimum Gasteiger partial charge on any atom is -0.466 e. The molecule has 3 aliphatic rings. The topological polar surface area (TPSA) is 87.2 Å². The maximum Gasteiger partial charge on any atom is 0.311 e. The molecule has 0 radical (unpaired) electrons. The van der Waals surface area contributed by atoms with Gasteiger partial charge in [0.15, 0.2) is 0 Å². The van der Waals surface area contributed by atoms with E-state index in [-0.39, 0.29) is 43.5 Å². The number of ether oxygens (including phenoxy) is 1. The predicted octanol–water partition coefficient (Wildman–Crippen LogP) is 4.62.